The first-order chi connectivity index (χ1) is 8.36. The summed E-state index contributed by atoms with van der Waals surface area (Å²) in [7, 11) is 0. The Labute approximate surface area is 108 Å². The second-order valence-corrected chi connectivity index (χ2v) is 6.35. The summed E-state index contributed by atoms with van der Waals surface area (Å²) in [4.78, 5) is 5.89. The lowest BCUT2D eigenvalue weighted by atomic mass is 10.2. The number of hydrogen-bond donors (Lipinski definition) is 2. The molecule has 1 aliphatic rings. The first-order valence-electron chi connectivity index (χ1n) is 5.88. The van der Waals surface area contributed by atoms with E-state index in [9.17, 15) is 0 Å². The van der Waals surface area contributed by atoms with Gasteiger partial charge in [-0.15, -0.1) is 22.7 Å². The monoisotopic (exact) mass is 265 g/mol. The van der Waals surface area contributed by atoms with Gasteiger partial charge < -0.3 is 5.43 Å². The molecule has 0 spiro atoms. The molecule has 3 rings (SSSR count). The van der Waals surface area contributed by atoms with Crippen LogP contribution in [0.4, 0.5) is 0 Å². The number of amidine groups is 1. The van der Waals surface area contributed by atoms with Crippen LogP contribution in [0.3, 0.4) is 0 Å². The summed E-state index contributed by atoms with van der Waals surface area (Å²) in [5, 5.41) is 2.12. The van der Waals surface area contributed by atoms with E-state index in [-0.39, 0.29) is 0 Å². The Morgan fingerprint density at radius 2 is 2.18 bits per heavy atom. The number of thiophene rings is 2. The molecule has 17 heavy (non-hydrogen) atoms. The third-order valence-electron chi connectivity index (χ3n) is 3.15. The standard InChI is InChI=1S/C12H15N3S2/c13-15-12(14-8-3-1-2-4-8)11-7-10-9(17-11)5-6-16-10/h5-8H,1-4,13H2,(H,14,15). The summed E-state index contributed by atoms with van der Waals surface area (Å²) in [6, 6.07) is 4.79. The normalized spacial score (nSPS) is 18.1. The summed E-state index contributed by atoms with van der Waals surface area (Å²) in [6.07, 6.45) is 4.99. The highest BCUT2D eigenvalue weighted by atomic mass is 32.1. The van der Waals surface area contributed by atoms with Crippen LogP contribution in [-0.2, 0) is 0 Å². The second-order valence-electron chi connectivity index (χ2n) is 4.32. The Morgan fingerprint density at radius 1 is 1.35 bits per heavy atom. The van der Waals surface area contributed by atoms with Crippen LogP contribution in [0.2, 0.25) is 0 Å². The number of aliphatic imine (C=N–C) groups is 1. The molecule has 0 radical (unpaired) electrons. The van der Waals surface area contributed by atoms with Crippen molar-refractivity contribution in [3.05, 3.63) is 22.4 Å². The molecule has 0 amide bonds. The Hall–Kier alpha value is -0.910. The fourth-order valence-corrected chi connectivity index (χ4v) is 4.34. The highest BCUT2D eigenvalue weighted by molar-refractivity contribution is 7.27. The quantitative estimate of drug-likeness (QED) is 0.379. The average Bonchev–Trinajstić information content (AvgIpc) is 3.01. The van der Waals surface area contributed by atoms with Crippen molar-refractivity contribution in [1.82, 2.24) is 5.43 Å². The van der Waals surface area contributed by atoms with Gasteiger partial charge in [-0.25, -0.2) is 5.84 Å². The van der Waals surface area contributed by atoms with Gasteiger partial charge in [-0.3, -0.25) is 4.99 Å². The van der Waals surface area contributed by atoms with Gasteiger partial charge in [0.2, 0.25) is 0 Å². The van der Waals surface area contributed by atoms with Crippen molar-refractivity contribution < 1.29 is 0 Å². The first-order valence-corrected chi connectivity index (χ1v) is 7.58. The van der Waals surface area contributed by atoms with Gasteiger partial charge in [0, 0.05) is 9.40 Å². The lowest BCUT2D eigenvalue weighted by molar-refractivity contribution is 0.701. The van der Waals surface area contributed by atoms with Crippen molar-refractivity contribution in [3.63, 3.8) is 0 Å². The molecule has 1 aliphatic carbocycles. The predicted octanol–water partition coefficient (Wildman–Crippen LogP) is 3.12. The highest BCUT2D eigenvalue weighted by Crippen LogP contribution is 2.30. The number of hydrogen-bond acceptors (Lipinski definition) is 4. The maximum absolute atomic E-state index is 5.60. The minimum absolute atomic E-state index is 0.459. The van der Waals surface area contributed by atoms with Crippen molar-refractivity contribution >= 4 is 37.9 Å². The van der Waals surface area contributed by atoms with Crippen molar-refractivity contribution in [2.75, 3.05) is 0 Å². The fourth-order valence-electron chi connectivity index (χ4n) is 2.27. The van der Waals surface area contributed by atoms with E-state index in [1.807, 2.05) is 0 Å². The van der Waals surface area contributed by atoms with E-state index >= 15 is 0 Å². The van der Waals surface area contributed by atoms with Crippen LogP contribution in [0, 0.1) is 0 Å². The number of rotatable bonds is 2. The first kappa shape index (κ1) is 11.2. The molecule has 0 bridgehead atoms. The molecular weight excluding hydrogens is 250 g/mol. The molecule has 5 heteroatoms. The van der Waals surface area contributed by atoms with E-state index in [1.54, 1.807) is 22.7 Å². The van der Waals surface area contributed by atoms with Crippen LogP contribution < -0.4 is 11.3 Å². The Bertz CT molecular complexity index is 506. The molecule has 2 heterocycles. The fraction of sp³-hybridized carbons (Fsp3) is 0.417. The topological polar surface area (TPSA) is 50.4 Å². The third kappa shape index (κ3) is 2.22. The Balaban J connectivity index is 1.91. The van der Waals surface area contributed by atoms with Crippen molar-refractivity contribution in [2.45, 2.75) is 31.7 Å². The van der Waals surface area contributed by atoms with Crippen LogP contribution in [0.5, 0.6) is 0 Å². The predicted molar refractivity (Wildman–Crippen MR) is 75.8 cm³/mol. The highest BCUT2D eigenvalue weighted by Gasteiger charge is 2.16. The van der Waals surface area contributed by atoms with Crippen LogP contribution in [-0.4, -0.2) is 11.9 Å². The molecule has 0 aromatic carbocycles. The summed E-state index contributed by atoms with van der Waals surface area (Å²) >= 11 is 3.52. The summed E-state index contributed by atoms with van der Waals surface area (Å²) < 4.78 is 2.64. The van der Waals surface area contributed by atoms with E-state index in [2.05, 4.69) is 22.9 Å². The molecule has 1 fully saturated rings. The molecule has 3 N–H and O–H groups in total. The lowest BCUT2D eigenvalue weighted by Crippen LogP contribution is -2.31. The maximum Gasteiger partial charge on any atom is 0.153 e. The van der Waals surface area contributed by atoms with E-state index in [1.165, 1.54) is 35.1 Å². The SMILES string of the molecule is NNC(=NC1CCCC1)c1cc2sccc2s1. The van der Waals surface area contributed by atoms with Crippen molar-refractivity contribution in [2.24, 2.45) is 10.8 Å². The molecule has 0 unspecified atom stereocenters. The summed E-state index contributed by atoms with van der Waals surface area (Å²) in [6.45, 7) is 0. The Kier molecular flexibility index (Phi) is 3.13. The van der Waals surface area contributed by atoms with E-state index in [0.29, 0.717) is 6.04 Å². The van der Waals surface area contributed by atoms with Gasteiger partial charge in [0.25, 0.3) is 0 Å². The van der Waals surface area contributed by atoms with E-state index in [4.69, 9.17) is 10.8 Å². The van der Waals surface area contributed by atoms with Crippen molar-refractivity contribution in [3.8, 4) is 0 Å². The van der Waals surface area contributed by atoms with Crippen LogP contribution >= 0.6 is 22.7 Å². The average molecular weight is 265 g/mol. The molecule has 90 valence electrons. The number of nitrogens with zero attached hydrogens (tertiary/aromatic N) is 1. The smallest absolute Gasteiger partial charge is 0.153 e. The van der Waals surface area contributed by atoms with Crippen LogP contribution in [0.15, 0.2) is 22.5 Å². The third-order valence-corrected chi connectivity index (χ3v) is 5.25. The summed E-state index contributed by atoms with van der Waals surface area (Å²) in [5.41, 5.74) is 2.76. The van der Waals surface area contributed by atoms with E-state index in [0.717, 1.165) is 10.7 Å². The number of nitrogens with one attached hydrogen (secondary N) is 1. The molecule has 3 nitrogen and oxygen atoms in total. The van der Waals surface area contributed by atoms with Gasteiger partial charge in [-0.1, -0.05) is 12.8 Å². The molecule has 1 saturated carbocycles. The van der Waals surface area contributed by atoms with Gasteiger partial charge >= 0.3 is 0 Å². The maximum atomic E-state index is 5.60. The second kappa shape index (κ2) is 4.76. The van der Waals surface area contributed by atoms with Crippen molar-refractivity contribution in [1.29, 1.82) is 0 Å². The lowest BCUT2D eigenvalue weighted by Gasteiger charge is -2.07. The van der Waals surface area contributed by atoms with Gasteiger partial charge in [-0.05, 0) is 30.4 Å². The molecular formula is C12H15N3S2. The van der Waals surface area contributed by atoms with E-state index < -0.39 is 0 Å². The molecule has 0 atom stereocenters. The zero-order valence-corrected chi connectivity index (χ0v) is 11.1. The van der Waals surface area contributed by atoms with Gasteiger partial charge in [0.05, 0.1) is 10.9 Å². The number of hydrazine groups is 1. The summed E-state index contributed by atoms with van der Waals surface area (Å²) in [5.74, 6) is 6.45. The molecule has 2 aromatic rings. The van der Waals surface area contributed by atoms with Gasteiger partial charge in [0.15, 0.2) is 5.84 Å². The molecule has 2 aromatic heterocycles. The van der Waals surface area contributed by atoms with Crippen LogP contribution in [0.1, 0.15) is 30.6 Å². The zero-order valence-electron chi connectivity index (χ0n) is 9.48. The number of nitrogens with two attached hydrogens (primary N) is 1. The minimum Gasteiger partial charge on any atom is -0.308 e. The minimum atomic E-state index is 0.459. The number of fused-ring (bicyclic) bond motifs is 1. The molecule has 0 aliphatic heterocycles. The largest absolute Gasteiger partial charge is 0.308 e. The van der Waals surface area contributed by atoms with Gasteiger partial charge in [0.1, 0.15) is 0 Å². The Morgan fingerprint density at radius 3 is 2.88 bits per heavy atom. The van der Waals surface area contributed by atoms with Crippen LogP contribution in [0.25, 0.3) is 9.40 Å². The van der Waals surface area contributed by atoms with Gasteiger partial charge in [-0.2, -0.15) is 0 Å². The zero-order chi connectivity index (χ0) is 11.7. The molecule has 0 saturated heterocycles.